The first-order valence-corrected chi connectivity index (χ1v) is 18.9. The average molecular weight is 657 g/mol. The van der Waals surface area contributed by atoms with Crippen LogP contribution in [0.4, 0.5) is 0 Å². The van der Waals surface area contributed by atoms with Gasteiger partial charge in [0.2, 0.25) is 0 Å². The molecule has 0 aliphatic heterocycles. The summed E-state index contributed by atoms with van der Waals surface area (Å²) in [6.45, 7) is 8.09. The van der Waals surface area contributed by atoms with E-state index in [1.54, 1.807) is 0 Å². The lowest BCUT2D eigenvalue weighted by atomic mass is 10.0. The summed E-state index contributed by atoms with van der Waals surface area (Å²) >= 11 is 0. The van der Waals surface area contributed by atoms with Crippen LogP contribution >= 0.6 is 15.8 Å². The summed E-state index contributed by atoms with van der Waals surface area (Å²) in [6, 6.07) is 40.3. The number of aliphatic hydroxyl groups is 2. The molecule has 0 heterocycles. The van der Waals surface area contributed by atoms with Crippen LogP contribution in [0.2, 0.25) is 0 Å². The predicted molar refractivity (Wildman–Crippen MR) is 193 cm³/mol. The van der Waals surface area contributed by atoms with Gasteiger partial charge in [0.15, 0.2) is 12.2 Å². The number of hydrogen-bond acceptors (Lipinski definition) is 4. The standard InChI is InChI=1S/C38H46N2O4P2/c1-27(2)33(25-45(29-17-9-5-10-18-29)30-19-11-6-12-20-30)39-37(43)35(41)36(42)38(44)40-34(28(3)4)26-46(31-21-13-7-14-22-31)32-23-15-8-16-24-32/h5-24,27-28,33-36,41-42H,25-26H2,1-4H3,(H,39,43)(H,40,44)/t33-,34-,35-,36-/m1/s1. The lowest BCUT2D eigenvalue weighted by Gasteiger charge is -2.31. The Morgan fingerprint density at radius 3 is 0.957 bits per heavy atom. The Morgan fingerprint density at radius 2 is 0.739 bits per heavy atom. The number of nitrogens with one attached hydrogen (secondary N) is 2. The first kappa shape index (κ1) is 35.5. The van der Waals surface area contributed by atoms with Crippen molar-refractivity contribution in [1.82, 2.24) is 10.6 Å². The highest BCUT2D eigenvalue weighted by Crippen LogP contribution is 2.36. The quantitative estimate of drug-likeness (QED) is 0.144. The van der Waals surface area contributed by atoms with E-state index >= 15 is 0 Å². The van der Waals surface area contributed by atoms with E-state index in [1.807, 2.05) is 100 Å². The molecule has 4 N–H and O–H groups in total. The minimum absolute atomic E-state index is 0.0556. The molecule has 2 amide bonds. The average Bonchev–Trinajstić information content (AvgIpc) is 3.08. The van der Waals surface area contributed by atoms with Gasteiger partial charge >= 0.3 is 0 Å². The Kier molecular flexibility index (Phi) is 13.5. The highest BCUT2D eigenvalue weighted by molar-refractivity contribution is 7.73. The molecule has 8 heteroatoms. The van der Waals surface area contributed by atoms with Crippen LogP contribution in [0.25, 0.3) is 0 Å². The number of carbonyl (C=O) groups excluding carboxylic acids is 2. The second-order valence-electron chi connectivity index (χ2n) is 12.2. The molecule has 0 saturated carbocycles. The van der Waals surface area contributed by atoms with Crippen molar-refractivity contribution < 1.29 is 19.8 Å². The summed E-state index contributed by atoms with van der Waals surface area (Å²) in [7, 11) is -1.61. The SMILES string of the molecule is CC(C)[C@@H](CP(c1ccccc1)c1ccccc1)NC(=O)[C@H](O)[C@@H](O)C(=O)N[C@H](CP(c1ccccc1)c1ccccc1)C(C)C. The summed E-state index contributed by atoms with van der Waals surface area (Å²) in [5, 5.41) is 32.5. The first-order chi connectivity index (χ1) is 22.2. The Morgan fingerprint density at radius 1 is 0.500 bits per heavy atom. The maximum atomic E-state index is 13.3. The number of amides is 2. The molecular weight excluding hydrogens is 610 g/mol. The van der Waals surface area contributed by atoms with E-state index in [0.717, 1.165) is 0 Å². The Balaban J connectivity index is 1.45. The first-order valence-electron chi connectivity index (χ1n) is 15.9. The lowest BCUT2D eigenvalue weighted by molar-refractivity contribution is -0.147. The van der Waals surface area contributed by atoms with Crippen molar-refractivity contribution in [2.24, 2.45) is 11.8 Å². The number of carbonyl (C=O) groups is 2. The fraction of sp³-hybridized carbons (Fsp3) is 0.316. The van der Waals surface area contributed by atoms with Gasteiger partial charge < -0.3 is 20.8 Å². The molecular formula is C38H46N2O4P2. The second-order valence-corrected chi connectivity index (χ2v) is 16.7. The molecule has 0 saturated heterocycles. The molecule has 0 radical (unpaired) electrons. The minimum atomic E-state index is -1.90. The maximum Gasteiger partial charge on any atom is 0.252 e. The molecule has 4 rings (SSSR count). The van der Waals surface area contributed by atoms with E-state index in [1.165, 1.54) is 21.2 Å². The monoisotopic (exact) mass is 656 g/mol. The topological polar surface area (TPSA) is 98.7 Å². The van der Waals surface area contributed by atoms with Crippen molar-refractivity contribution in [3.63, 3.8) is 0 Å². The molecule has 0 aliphatic rings. The van der Waals surface area contributed by atoms with Gasteiger partial charge in [-0.3, -0.25) is 9.59 Å². The zero-order chi connectivity index (χ0) is 33.1. The molecule has 46 heavy (non-hydrogen) atoms. The van der Waals surface area contributed by atoms with Crippen LogP contribution in [0.5, 0.6) is 0 Å². The number of hydrogen-bond donors (Lipinski definition) is 4. The van der Waals surface area contributed by atoms with Gasteiger partial charge in [0.05, 0.1) is 0 Å². The molecule has 242 valence electrons. The molecule has 0 unspecified atom stereocenters. The van der Waals surface area contributed by atoms with Gasteiger partial charge in [0.1, 0.15) is 0 Å². The van der Waals surface area contributed by atoms with Crippen molar-refractivity contribution in [3.8, 4) is 0 Å². The summed E-state index contributed by atoms with van der Waals surface area (Å²) < 4.78 is 0. The lowest BCUT2D eigenvalue weighted by Crippen LogP contribution is -2.55. The summed E-state index contributed by atoms with van der Waals surface area (Å²) in [6.07, 6.45) is -2.50. The van der Waals surface area contributed by atoms with Crippen LogP contribution in [0.1, 0.15) is 27.7 Å². The van der Waals surface area contributed by atoms with Crippen molar-refractivity contribution in [1.29, 1.82) is 0 Å². The van der Waals surface area contributed by atoms with Gasteiger partial charge in [0, 0.05) is 12.1 Å². The molecule has 0 aliphatic carbocycles. The molecule has 6 nitrogen and oxygen atoms in total. The summed E-state index contributed by atoms with van der Waals surface area (Å²) in [4.78, 5) is 26.7. The Hall–Kier alpha value is -3.40. The third-order valence-electron chi connectivity index (χ3n) is 8.13. The van der Waals surface area contributed by atoms with Crippen molar-refractivity contribution in [2.75, 3.05) is 12.3 Å². The van der Waals surface area contributed by atoms with Gasteiger partial charge in [-0.1, -0.05) is 149 Å². The van der Waals surface area contributed by atoms with Gasteiger partial charge in [0.25, 0.3) is 11.8 Å². The van der Waals surface area contributed by atoms with Gasteiger partial charge in [-0.25, -0.2) is 0 Å². The smallest absolute Gasteiger partial charge is 0.252 e. The van der Waals surface area contributed by atoms with Gasteiger partial charge in [-0.2, -0.15) is 0 Å². The van der Waals surface area contributed by atoms with E-state index in [-0.39, 0.29) is 23.9 Å². The normalized spacial score (nSPS) is 14.2. The summed E-state index contributed by atoms with van der Waals surface area (Å²) in [5.41, 5.74) is 0. The molecule has 0 aromatic heterocycles. The van der Waals surface area contributed by atoms with Crippen LogP contribution in [-0.4, -0.2) is 58.6 Å². The largest absolute Gasteiger partial charge is 0.380 e. The zero-order valence-corrected chi connectivity index (χ0v) is 28.8. The van der Waals surface area contributed by atoms with E-state index in [0.29, 0.717) is 12.3 Å². The van der Waals surface area contributed by atoms with Crippen LogP contribution in [0.15, 0.2) is 121 Å². The molecule has 0 fully saturated rings. The van der Waals surface area contributed by atoms with Crippen molar-refractivity contribution >= 4 is 48.9 Å². The van der Waals surface area contributed by atoms with Gasteiger partial charge in [-0.15, -0.1) is 0 Å². The van der Waals surface area contributed by atoms with Crippen LogP contribution in [0.3, 0.4) is 0 Å². The number of benzene rings is 4. The van der Waals surface area contributed by atoms with E-state index in [4.69, 9.17) is 0 Å². The van der Waals surface area contributed by atoms with E-state index in [2.05, 4.69) is 59.2 Å². The van der Waals surface area contributed by atoms with Crippen molar-refractivity contribution in [3.05, 3.63) is 121 Å². The second kappa shape index (κ2) is 17.5. The van der Waals surface area contributed by atoms with Crippen LogP contribution in [-0.2, 0) is 9.59 Å². The number of aliphatic hydroxyl groups excluding tert-OH is 2. The number of rotatable bonds is 15. The van der Waals surface area contributed by atoms with Crippen LogP contribution < -0.4 is 31.9 Å². The molecule has 0 spiro atoms. The Bertz CT molecular complexity index is 1300. The highest BCUT2D eigenvalue weighted by Gasteiger charge is 2.35. The molecule has 0 bridgehead atoms. The third kappa shape index (κ3) is 9.80. The summed E-state index contributed by atoms with van der Waals surface area (Å²) in [5.74, 6) is -1.40. The van der Waals surface area contributed by atoms with Crippen LogP contribution in [0, 0.1) is 11.8 Å². The fourth-order valence-electron chi connectivity index (χ4n) is 5.21. The fourth-order valence-corrected chi connectivity index (χ4v) is 10.6. The molecule has 4 aromatic carbocycles. The maximum absolute atomic E-state index is 13.3. The van der Waals surface area contributed by atoms with Crippen molar-refractivity contribution in [2.45, 2.75) is 52.0 Å². The minimum Gasteiger partial charge on any atom is -0.380 e. The molecule has 4 aromatic rings. The zero-order valence-electron chi connectivity index (χ0n) is 27.0. The molecule has 4 atom stereocenters. The van der Waals surface area contributed by atoms with Gasteiger partial charge in [-0.05, 0) is 61.2 Å². The van der Waals surface area contributed by atoms with E-state index in [9.17, 15) is 19.8 Å². The van der Waals surface area contributed by atoms with E-state index < -0.39 is 39.9 Å². The predicted octanol–water partition coefficient (Wildman–Crippen LogP) is 4.26. The highest BCUT2D eigenvalue weighted by atomic mass is 31.1. The Labute approximate surface area is 276 Å². The third-order valence-corrected chi connectivity index (χ3v) is 13.3.